The van der Waals surface area contributed by atoms with E-state index in [0.29, 0.717) is 15.0 Å². The predicted molar refractivity (Wildman–Crippen MR) is 70.2 cm³/mol. The normalized spacial score (nSPS) is 13.4. The van der Waals surface area contributed by atoms with Gasteiger partial charge in [0.05, 0.1) is 0 Å². The summed E-state index contributed by atoms with van der Waals surface area (Å²) in [6.07, 6.45) is 1.14. The molecule has 84 valence electrons. The molecule has 0 bridgehead atoms. The van der Waals surface area contributed by atoms with Gasteiger partial charge in [-0.2, -0.15) is 0 Å². The van der Waals surface area contributed by atoms with Crippen LogP contribution < -0.4 is 4.46 Å². The molecule has 2 heteroatoms. The van der Waals surface area contributed by atoms with Crippen molar-refractivity contribution in [1.82, 2.24) is 0 Å². The monoisotopic (exact) mass is 288 g/mol. The summed E-state index contributed by atoms with van der Waals surface area (Å²) in [5.74, 6) is 0.132. The van der Waals surface area contributed by atoms with Gasteiger partial charge in [0, 0.05) is 0 Å². The van der Waals surface area contributed by atoms with Gasteiger partial charge in [0.2, 0.25) is 0 Å². The Morgan fingerprint density at radius 3 is 2.65 bits per heavy atom. The van der Waals surface area contributed by atoms with Crippen molar-refractivity contribution >= 4 is 25.2 Å². The maximum atomic E-state index is 12.3. The van der Waals surface area contributed by atoms with Gasteiger partial charge in [-0.1, -0.05) is 0 Å². The fourth-order valence-electron chi connectivity index (χ4n) is 2.08. The van der Waals surface area contributed by atoms with Gasteiger partial charge in [-0.25, -0.2) is 0 Å². The molecule has 3 rings (SSSR count). The summed E-state index contributed by atoms with van der Waals surface area (Å²) in [7, 11) is 0. The molecule has 0 spiro atoms. The number of ketones is 1. The minimum atomic E-state index is 0.132. The second kappa shape index (κ2) is 4.48. The van der Waals surface area contributed by atoms with Crippen LogP contribution in [0.2, 0.25) is 5.32 Å². The second-order valence-corrected chi connectivity index (χ2v) is 6.50. The van der Waals surface area contributed by atoms with Crippen LogP contribution in [0.3, 0.4) is 0 Å². The van der Waals surface area contributed by atoms with E-state index in [1.54, 1.807) is 0 Å². The van der Waals surface area contributed by atoms with Crippen molar-refractivity contribution in [3.8, 4) is 0 Å². The Morgan fingerprint density at radius 2 is 1.82 bits per heavy atom. The Kier molecular flexibility index (Phi) is 2.84. The number of carbonyl (C=O) groups excluding carboxylic acids is 1. The van der Waals surface area contributed by atoms with E-state index in [9.17, 15) is 4.79 Å². The van der Waals surface area contributed by atoms with Gasteiger partial charge in [0.15, 0.2) is 0 Å². The van der Waals surface area contributed by atoms with E-state index in [1.165, 1.54) is 15.3 Å². The van der Waals surface area contributed by atoms with E-state index in [2.05, 4.69) is 12.1 Å². The van der Waals surface area contributed by atoms with Gasteiger partial charge in [-0.3, -0.25) is 0 Å². The fraction of sp³-hybridized carbons (Fsp3) is 0.133. The molecule has 0 fully saturated rings. The van der Waals surface area contributed by atoms with Crippen molar-refractivity contribution < 1.29 is 4.79 Å². The molecule has 1 aliphatic heterocycles. The topological polar surface area (TPSA) is 17.1 Å². The molecule has 2 aromatic carbocycles. The number of aryl methyl sites for hydroxylation is 1. The molecular weight excluding hydrogens is 275 g/mol. The number of benzene rings is 2. The summed E-state index contributed by atoms with van der Waals surface area (Å²) < 4.78 is 1.47. The van der Waals surface area contributed by atoms with Crippen molar-refractivity contribution in [2.24, 2.45) is 0 Å². The van der Waals surface area contributed by atoms with Gasteiger partial charge in [-0.15, -0.1) is 0 Å². The van der Waals surface area contributed by atoms with Crippen LogP contribution in [0.15, 0.2) is 48.5 Å². The first-order valence-electron chi connectivity index (χ1n) is 5.70. The summed E-state index contributed by atoms with van der Waals surface area (Å²) in [5.41, 5.74) is 2.98. The predicted octanol–water partition coefficient (Wildman–Crippen LogP) is 2.22. The summed E-state index contributed by atoms with van der Waals surface area (Å²) in [6, 6.07) is 15.7. The first kappa shape index (κ1) is 10.8. The van der Waals surface area contributed by atoms with Crippen LogP contribution in [0.4, 0.5) is 0 Å². The van der Waals surface area contributed by atoms with Crippen molar-refractivity contribution in [3.63, 3.8) is 0 Å². The Morgan fingerprint density at radius 1 is 1.00 bits per heavy atom. The second-order valence-electron chi connectivity index (χ2n) is 4.12. The molecule has 0 amide bonds. The molecule has 0 unspecified atom stereocenters. The van der Waals surface area contributed by atoms with Crippen molar-refractivity contribution in [2.45, 2.75) is 11.7 Å². The van der Waals surface area contributed by atoms with Crippen molar-refractivity contribution in [2.75, 3.05) is 0 Å². The minimum absolute atomic E-state index is 0.132. The number of carbonyl (C=O) groups is 1. The number of fused-ring (bicyclic) bond motifs is 1. The zero-order chi connectivity index (χ0) is 11.7. The fourth-order valence-corrected chi connectivity index (χ4v) is 4.29. The molecule has 1 aliphatic rings. The van der Waals surface area contributed by atoms with Crippen LogP contribution in [-0.4, -0.2) is 20.7 Å². The summed E-state index contributed by atoms with van der Waals surface area (Å²) >= 11 is 0.629. The first-order valence-corrected chi connectivity index (χ1v) is 7.77. The Balaban J connectivity index is 1.97. The number of rotatable bonds is 2. The van der Waals surface area contributed by atoms with Crippen LogP contribution in [0.1, 0.15) is 21.5 Å². The Labute approximate surface area is 107 Å². The number of hydrogen-bond donors (Lipinski definition) is 0. The Bertz CT molecular complexity index is 560. The van der Waals surface area contributed by atoms with Crippen LogP contribution in [0.5, 0.6) is 0 Å². The maximum absolute atomic E-state index is 12.3. The van der Waals surface area contributed by atoms with Gasteiger partial charge in [0.25, 0.3) is 0 Å². The molecule has 1 heterocycles. The molecule has 2 aromatic rings. The summed E-state index contributed by atoms with van der Waals surface area (Å²) in [6.45, 7) is 0. The molecule has 0 saturated carbocycles. The van der Waals surface area contributed by atoms with E-state index >= 15 is 0 Å². The molecule has 0 atom stereocenters. The average Bonchev–Trinajstić information content (AvgIpc) is 2.86. The number of hydrogen-bond acceptors (Lipinski definition) is 1. The van der Waals surface area contributed by atoms with Crippen LogP contribution >= 0.6 is 0 Å². The third-order valence-corrected chi connectivity index (χ3v) is 5.33. The third kappa shape index (κ3) is 2.06. The first-order chi connectivity index (χ1) is 8.34. The molecular formula is C15H12OSe. The van der Waals surface area contributed by atoms with E-state index in [4.69, 9.17) is 0 Å². The van der Waals surface area contributed by atoms with E-state index in [1.807, 2.05) is 36.4 Å². The summed E-state index contributed by atoms with van der Waals surface area (Å²) in [4.78, 5) is 12.3. The van der Waals surface area contributed by atoms with Crippen LogP contribution in [0, 0.1) is 0 Å². The van der Waals surface area contributed by atoms with Gasteiger partial charge in [0.1, 0.15) is 0 Å². The molecule has 0 N–H and O–H groups in total. The molecule has 0 aromatic heterocycles. The molecule has 0 aliphatic carbocycles. The van der Waals surface area contributed by atoms with Crippen molar-refractivity contribution in [1.29, 1.82) is 0 Å². The van der Waals surface area contributed by atoms with Gasteiger partial charge in [-0.05, 0) is 0 Å². The quantitative estimate of drug-likeness (QED) is 0.611. The molecule has 0 radical (unpaired) electrons. The SMILES string of the molecule is O=C(c1ccccc1)c1ccc2c(c1)CC[Se]2. The van der Waals surface area contributed by atoms with E-state index in [0.717, 1.165) is 17.5 Å². The van der Waals surface area contributed by atoms with Crippen molar-refractivity contribution in [3.05, 3.63) is 65.2 Å². The standard InChI is InChI=1S/C15H12OSe/c16-15(11-4-2-1-3-5-11)13-6-7-14-12(10-13)8-9-17-14/h1-7,10H,8-9H2. The van der Waals surface area contributed by atoms with Crippen LogP contribution in [0.25, 0.3) is 0 Å². The van der Waals surface area contributed by atoms with E-state index in [-0.39, 0.29) is 5.78 Å². The van der Waals surface area contributed by atoms with Crippen LogP contribution in [-0.2, 0) is 6.42 Å². The van der Waals surface area contributed by atoms with Gasteiger partial charge >= 0.3 is 107 Å². The molecule has 1 nitrogen and oxygen atoms in total. The summed E-state index contributed by atoms with van der Waals surface area (Å²) in [5, 5.41) is 1.28. The van der Waals surface area contributed by atoms with Gasteiger partial charge < -0.3 is 0 Å². The molecule has 17 heavy (non-hydrogen) atoms. The molecule has 0 saturated heterocycles. The zero-order valence-electron chi connectivity index (χ0n) is 9.35. The third-order valence-electron chi connectivity index (χ3n) is 2.99. The van der Waals surface area contributed by atoms with E-state index < -0.39 is 0 Å². The Hall–Kier alpha value is -1.37. The zero-order valence-corrected chi connectivity index (χ0v) is 11.1. The average molecular weight is 287 g/mol.